The minimum absolute atomic E-state index is 0.718. The molecule has 1 aromatic rings. The Kier molecular flexibility index (Phi) is 4.83. The van der Waals surface area contributed by atoms with Crippen LogP contribution in [-0.4, -0.2) is 13.1 Å². The van der Waals surface area contributed by atoms with Gasteiger partial charge in [-0.2, -0.15) is 0 Å². The van der Waals surface area contributed by atoms with Crippen molar-refractivity contribution >= 4 is 15.9 Å². The van der Waals surface area contributed by atoms with Crippen molar-refractivity contribution in [3.05, 3.63) is 34.3 Å². The van der Waals surface area contributed by atoms with Crippen molar-refractivity contribution in [2.24, 2.45) is 17.8 Å². The molecule has 1 aromatic carbocycles. The van der Waals surface area contributed by atoms with Crippen molar-refractivity contribution < 1.29 is 0 Å². The number of rotatable bonds is 2. The lowest BCUT2D eigenvalue weighted by atomic mass is 9.68. The molecule has 0 bridgehead atoms. The second kappa shape index (κ2) is 6.62. The Hall–Kier alpha value is -0.340. The Labute approximate surface area is 131 Å². The minimum Gasteiger partial charge on any atom is -0.316 e. The molecule has 0 aromatic heterocycles. The van der Waals surface area contributed by atoms with E-state index >= 15 is 0 Å². The van der Waals surface area contributed by atoms with Gasteiger partial charge in [-0.25, -0.2) is 0 Å². The van der Waals surface area contributed by atoms with Crippen LogP contribution in [0.15, 0.2) is 28.7 Å². The van der Waals surface area contributed by atoms with Crippen LogP contribution in [0.5, 0.6) is 0 Å². The number of halogens is 1. The first-order chi connectivity index (χ1) is 9.74. The molecule has 0 spiro atoms. The van der Waals surface area contributed by atoms with Gasteiger partial charge in [0.25, 0.3) is 0 Å². The van der Waals surface area contributed by atoms with E-state index in [1.807, 2.05) is 0 Å². The summed E-state index contributed by atoms with van der Waals surface area (Å²) in [5.41, 5.74) is 1.53. The molecule has 2 heteroatoms. The van der Waals surface area contributed by atoms with Gasteiger partial charge in [-0.1, -0.05) is 47.8 Å². The maximum absolute atomic E-state index is 3.61. The second-order valence-electron chi connectivity index (χ2n) is 6.83. The fourth-order valence-corrected chi connectivity index (χ4v) is 4.50. The van der Waals surface area contributed by atoms with E-state index in [0.717, 1.165) is 23.7 Å². The summed E-state index contributed by atoms with van der Waals surface area (Å²) in [6.07, 6.45) is 7.17. The van der Waals surface area contributed by atoms with Crippen LogP contribution in [0.25, 0.3) is 0 Å². The topological polar surface area (TPSA) is 12.0 Å². The highest BCUT2D eigenvalue weighted by atomic mass is 79.9. The summed E-state index contributed by atoms with van der Waals surface area (Å²) in [5.74, 6) is 3.53. The van der Waals surface area contributed by atoms with E-state index in [4.69, 9.17) is 0 Å². The Morgan fingerprint density at radius 2 is 1.70 bits per heavy atom. The van der Waals surface area contributed by atoms with E-state index in [-0.39, 0.29) is 0 Å². The number of nitrogens with one attached hydrogen (secondary N) is 1. The maximum Gasteiger partial charge on any atom is 0.0175 e. The van der Waals surface area contributed by atoms with Crippen molar-refractivity contribution in [1.29, 1.82) is 0 Å². The van der Waals surface area contributed by atoms with E-state index < -0.39 is 0 Å². The van der Waals surface area contributed by atoms with Gasteiger partial charge in [-0.05, 0) is 67.2 Å². The van der Waals surface area contributed by atoms with Crippen LogP contribution in [0.3, 0.4) is 0 Å². The van der Waals surface area contributed by atoms with Crippen molar-refractivity contribution in [2.75, 3.05) is 13.1 Å². The van der Waals surface area contributed by atoms with E-state index in [2.05, 4.69) is 52.4 Å². The molecule has 1 saturated carbocycles. The molecular weight excluding hydrogens is 310 g/mol. The molecule has 0 radical (unpaired) electrons. The van der Waals surface area contributed by atoms with Gasteiger partial charge >= 0.3 is 0 Å². The third kappa shape index (κ3) is 3.28. The summed E-state index contributed by atoms with van der Waals surface area (Å²) in [6, 6.07) is 9.04. The first-order valence-corrected chi connectivity index (χ1v) is 8.99. The molecule has 1 nitrogen and oxygen atoms in total. The molecule has 110 valence electrons. The predicted molar refractivity (Wildman–Crippen MR) is 89.0 cm³/mol. The molecule has 1 aliphatic carbocycles. The van der Waals surface area contributed by atoms with Crippen LogP contribution in [0.4, 0.5) is 0 Å². The largest absolute Gasteiger partial charge is 0.316 e. The van der Waals surface area contributed by atoms with Gasteiger partial charge < -0.3 is 5.32 Å². The second-order valence-corrected chi connectivity index (χ2v) is 7.75. The van der Waals surface area contributed by atoms with Gasteiger partial charge in [-0.3, -0.25) is 0 Å². The summed E-state index contributed by atoms with van der Waals surface area (Å²) >= 11 is 3.55. The fourth-order valence-electron chi connectivity index (χ4n) is 4.23. The highest BCUT2D eigenvalue weighted by Gasteiger charge is 2.34. The SMILES string of the molecule is CC1CCC(C2CCNCC2c2ccc(Br)cc2)CC1. The van der Waals surface area contributed by atoms with Crippen LogP contribution in [-0.2, 0) is 0 Å². The summed E-state index contributed by atoms with van der Waals surface area (Å²) in [5, 5.41) is 3.61. The van der Waals surface area contributed by atoms with Crippen LogP contribution in [0, 0.1) is 17.8 Å². The Morgan fingerprint density at radius 1 is 1.00 bits per heavy atom. The quantitative estimate of drug-likeness (QED) is 0.804. The normalized spacial score (nSPS) is 34.9. The molecule has 0 amide bonds. The molecule has 1 heterocycles. The van der Waals surface area contributed by atoms with Crippen molar-refractivity contribution in [3.8, 4) is 0 Å². The predicted octanol–water partition coefficient (Wildman–Crippen LogP) is 4.97. The number of hydrogen-bond acceptors (Lipinski definition) is 1. The van der Waals surface area contributed by atoms with Crippen LogP contribution >= 0.6 is 15.9 Å². The zero-order chi connectivity index (χ0) is 13.9. The Bertz CT molecular complexity index is 420. The highest BCUT2D eigenvalue weighted by Crippen LogP contribution is 2.42. The Balaban J connectivity index is 1.75. The molecule has 2 fully saturated rings. The molecule has 1 N–H and O–H groups in total. The average molecular weight is 336 g/mol. The van der Waals surface area contributed by atoms with Crippen LogP contribution < -0.4 is 5.32 Å². The maximum atomic E-state index is 3.61. The molecule has 2 unspecified atom stereocenters. The van der Waals surface area contributed by atoms with Crippen molar-refractivity contribution in [1.82, 2.24) is 5.32 Å². The minimum atomic E-state index is 0.718. The molecule has 3 rings (SSSR count). The number of benzene rings is 1. The third-order valence-corrected chi connectivity index (χ3v) is 6.03. The summed E-state index contributed by atoms with van der Waals surface area (Å²) < 4.78 is 1.19. The standard InChI is InChI=1S/C18H26BrN/c1-13-2-4-14(5-3-13)17-10-11-20-12-18(17)15-6-8-16(19)9-7-15/h6-9,13-14,17-18,20H,2-5,10-12H2,1H3. The van der Waals surface area contributed by atoms with Gasteiger partial charge in [0.15, 0.2) is 0 Å². The molecule has 2 atom stereocenters. The smallest absolute Gasteiger partial charge is 0.0175 e. The van der Waals surface area contributed by atoms with Gasteiger partial charge in [-0.15, -0.1) is 0 Å². The highest BCUT2D eigenvalue weighted by molar-refractivity contribution is 9.10. The monoisotopic (exact) mass is 335 g/mol. The first kappa shape index (κ1) is 14.6. The van der Waals surface area contributed by atoms with Gasteiger partial charge in [0, 0.05) is 11.0 Å². The lowest BCUT2D eigenvalue weighted by molar-refractivity contribution is 0.158. The molecule has 20 heavy (non-hydrogen) atoms. The number of piperidine rings is 1. The zero-order valence-electron chi connectivity index (χ0n) is 12.4. The van der Waals surface area contributed by atoms with Crippen LogP contribution in [0.1, 0.15) is 50.5 Å². The lowest BCUT2D eigenvalue weighted by Gasteiger charge is -2.40. The molecule has 1 saturated heterocycles. The van der Waals surface area contributed by atoms with E-state index in [9.17, 15) is 0 Å². The third-order valence-electron chi connectivity index (χ3n) is 5.50. The summed E-state index contributed by atoms with van der Waals surface area (Å²) in [4.78, 5) is 0. The van der Waals surface area contributed by atoms with Gasteiger partial charge in [0.1, 0.15) is 0 Å². The fraction of sp³-hybridized carbons (Fsp3) is 0.667. The van der Waals surface area contributed by atoms with Crippen LogP contribution in [0.2, 0.25) is 0 Å². The lowest BCUT2D eigenvalue weighted by Crippen LogP contribution is -2.39. The number of hydrogen-bond donors (Lipinski definition) is 1. The zero-order valence-corrected chi connectivity index (χ0v) is 14.0. The van der Waals surface area contributed by atoms with Crippen molar-refractivity contribution in [3.63, 3.8) is 0 Å². The molecular formula is C18H26BrN. The summed E-state index contributed by atoms with van der Waals surface area (Å²) in [7, 11) is 0. The van der Waals surface area contributed by atoms with Crippen molar-refractivity contribution in [2.45, 2.75) is 44.9 Å². The molecule has 1 aliphatic heterocycles. The Morgan fingerprint density at radius 3 is 2.40 bits per heavy atom. The van der Waals surface area contributed by atoms with Gasteiger partial charge in [0.2, 0.25) is 0 Å². The van der Waals surface area contributed by atoms with E-state index in [1.165, 1.54) is 55.2 Å². The summed E-state index contributed by atoms with van der Waals surface area (Å²) in [6.45, 7) is 4.80. The first-order valence-electron chi connectivity index (χ1n) is 8.20. The molecule has 2 aliphatic rings. The van der Waals surface area contributed by atoms with Gasteiger partial charge in [0.05, 0.1) is 0 Å². The van der Waals surface area contributed by atoms with E-state index in [0.29, 0.717) is 0 Å². The average Bonchev–Trinajstić information content (AvgIpc) is 2.49. The van der Waals surface area contributed by atoms with E-state index in [1.54, 1.807) is 0 Å².